The molecular weight excluding hydrogens is 238 g/mol. The average Bonchev–Trinajstić information content (AvgIpc) is 2.85. The highest BCUT2D eigenvalue weighted by Crippen LogP contribution is 2.33. The maximum absolute atomic E-state index is 11.2. The number of carbonyl (C=O) groups is 1. The highest BCUT2D eigenvalue weighted by Gasteiger charge is 2.33. The van der Waals surface area contributed by atoms with Crippen LogP contribution in [-0.4, -0.2) is 23.7 Å². The van der Waals surface area contributed by atoms with Crippen molar-refractivity contribution in [1.82, 2.24) is 5.32 Å². The number of carboxylic acid groups (broad SMARTS) is 1. The van der Waals surface area contributed by atoms with Gasteiger partial charge in [0.05, 0.1) is 5.92 Å². The standard InChI is InChI=1S/C16H29NO2/c1-11(2)12-5-3-7-14(9-12)17-10-13-6-4-8-15(13)16(18)19/h11-15,17H,3-10H2,1-2H3,(H,18,19). The highest BCUT2D eigenvalue weighted by molar-refractivity contribution is 5.70. The van der Waals surface area contributed by atoms with Crippen LogP contribution in [0.2, 0.25) is 0 Å². The van der Waals surface area contributed by atoms with Crippen molar-refractivity contribution < 1.29 is 9.90 Å². The number of carboxylic acids is 1. The Labute approximate surface area is 117 Å². The quantitative estimate of drug-likeness (QED) is 0.803. The van der Waals surface area contributed by atoms with Crippen molar-refractivity contribution in [1.29, 1.82) is 0 Å². The monoisotopic (exact) mass is 267 g/mol. The molecule has 0 aromatic rings. The summed E-state index contributed by atoms with van der Waals surface area (Å²) in [5.41, 5.74) is 0. The van der Waals surface area contributed by atoms with Gasteiger partial charge in [-0.3, -0.25) is 4.79 Å². The van der Waals surface area contributed by atoms with Gasteiger partial charge in [-0.15, -0.1) is 0 Å². The van der Waals surface area contributed by atoms with E-state index in [0.717, 1.165) is 37.6 Å². The Balaban J connectivity index is 1.77. The van der Waals surface area contributed by atoms with Crippen molar-refractivity contribution in [2.75, 3.05) is 6.54 Å². The Morgan fingerprint density at radius 1 is 1.21 bits per heavy atom. The minimum absolute atomic E-state index is 0.100. The van der Waals surface area contributed by atoms with Gasteiger partial charge in [-0.1, -0.05) is 33.1 Å². The summed E-state index contributed by atoms with van der Waals surface area (Å²) in [6, 6.07) is 0.621. The molecule has 2 aliphatic rings. The fourth-order valence-electron chi connectivity index (χ4n) is 3.94. The van der Waals surface area contributed by atoms with Crippen molar-refractivity contribution in [3.05, 3.63) is 0 Å². The van der Waals surface area contributed by atoms with Crippen LogP contribution in [0.15, 0.2) is 0 Å². The van der Waals surface area contributed by atoms with Gasteiger partial charge in [0.2, 0.25) is 0 Å². The zero-order valence-corrected chi connectivity index (χ0v) is 12.4. The molecule has 2 saturated carbocycles. The van der Waals surface area contributed by atoms with E-state index in [9.17, 15) is 9.90 Å². The van der Waals surface area contributed by atoms with E-state index in [2.05, 4.69) is 19.2 Å². The van der Waals surface area contributed by atoms with Gasteiger partial charge in [-0.05, 0) is 50.0 Å². The Morgan fingerprint density at radius 2 is 1.95 bits per heavy atom. The van der Waals surface area contributed by atoms with Crippen molar-refractivity contribution in [2.24, 2.45) is 23.7 Å². The molecule has 2 aliphatic carbocycles. The molecule has 0 aliphatic heterocycles. The first kappa shape index (κ1) is 14.8. The Morgan fingerprint density at radius 3 is 2.63 bits per heavy atom. The fraction of sp³-hybridized carbons (Fsp3) is 0.938. The molecule has 2 fully saturated rings. The molecule has 0 bridgehead atoms. The van der Waals surface area contributed by atoms with Crippen molar-refractivity contribution >= 4 is 5.97 Å². The van der Waals surface area contributed by atoms with Gasteiger partial charge < -0.3 is 10.4 Å². The van der Waals surface area contributed by atoms with E-state index in [4.69, 9.17) is 0 Å². The van der Waals surface area contributed by atoms with Crippen LogP contribution in [0.25, 0.3) is 0 Å². The number of aliphatic carboxylic acids is 1. The van der Waals surface area contributed by atoms with Crippen LogP contribution in [0.1, 0.15) is 58.8 Å². The minimum Gasteiger partial charge on any atom is -0.481 e. The molecule has 110 valence electrons. The lowest BCUT2D eigenvalue weighted by molar-refractivity contribution is -0.142. The molecule has 19 heavy (non-hydrogen) atoms. The largest absolute Gasteiger partial charge is 0.481 e. The fourth-order valence-corrected chi connectivity index (χ4v) is 3.94. The van der Waals surface area contributed by atoms with E-state index in [1.54, 1.807) is 0 Å². The van der Waals surface area contributed by atoms with Crippen LogP contribution in [0, 0.1) is 23.7 Å². The van der Waals surface area contributed by atoms with Crippen molar-refractivity contribution in [3.8, 4) is 0 Å². The molecule has 0 radical (unpaired) electrons. The zero-order chi connectivity index (χ0) is 13.8. The predicted octanol–water partition coefficient (Wildman–Crippen LogP) is 3.29. The van der Waals surface area contributed by atoms with Crippen LogP contribution >= 0.6 is 0 Å². The van der Waals surface area contributed by atoms with Crippen LogP contribution in [-0.2, 0) is 4.79 Å². The van der Waals surface area contributed by atoms with Crippen LogP contribution in [0.5, 0.6) is 0 Å². The van der Waals surface area contributed by atoms with Gasteiger partial charge >= 0.3 is 5.97 Å². The van der Waals surface area contributed by atoms with Gasteiger partial charge in [-0.25, -0.2) is 0 Å². The number of hydrogen-bond acceptors (Lipinski definition) is 2. The maximum atomic E-state index is 11.2. The van der Waals surface area contributed by atoms with E-state index in [1.165, 1.54) is 25.7 Å². The highest BCUT2D eigenvalue weighted by atomic mass is 16.4. The molecule has 2 rings (SSSR count). The molecule has 3 heteroatoms. The van der Waals surface area contributed by atoms with Gasteiger partial charge in [0.15, 0.2) is 0 Å². The maximum Gasteiger partial charge on any atom is 0.306 e. The second-order valence-corrected chi connectivity index (χ2v) is 6.91. The number of nitrogens with one attached hydrogen (secondary N) is 1. The Bertz CT molecular complexity index is 303. The molecule has 4 atom stereocenters. The zero-order valence-electron chi connectivity index (χ0n) is 12.4. The van der Waals surface area contributed by atoms with E-state index < -0.39 is 5.97 Å². The third kappa shape index (κ3) is 3.95. The Hall–Kier alpha value is -0.570. The molecular formula is C16H29NO2. The van der Waals surface area contributed by atoms with E-state index >= 15 is 0 Å². The van der Waals surface area contributed by atoms with E-state index in [-0.39, 0.29) is 5.92 Å². The number of hydrogen-bond donors (Lipinski definition) is 2. The van der Waals surface area contributed by atoms with Crippen LogP contribution < -0.4 is 5.32 Å². The summed E-state index contributed by atoms with van der Waals surface area (Å²) < 4.78 is 0. The first-order valence-corrected chi connectivity index (χ1v) is 8.04. The van der Waals surface area contributed by atoms with Gasteiger partial charge in [0.1, 0.15) is 0 Å². The van der Waals surface area contributed by atoms with Crippen LogP contribution in [0.4, 0.5) is 0 Å². The molecule has 4 unspecified atom stereocenters. The normalized spacial score (nSPS) is 35.7. The molecule has 0 saturated heterocycles. The molecule has 2 N–H and O–H groups in total. The molecule has 0 amide bonds. The van der Waals surface area contributed by atoms with Crippen molar-refractivity contribution in [2.45, 2.75) is 64.8 Å². The first-order chi connectivity index (χ1) is 9.08. The van der Waals surface area contributed by atoms with E-state index in [1.807, 2.05) is 0 Å². The molecule has 0 aromatic heterocycles. The lowest BCUT2D eigenvalue weighted by atomic mass is 9.79. The van der Waals surface area contributed by atoms with Gasteiger partial charge in [-0.2, -0.15) is 0 Å². The van der Waals surface area contributed by atoms with Gasteiger partial charge in [0, 0.05) is 6.04 Å². The summed E-state index contributed by atoms with van der Waals surface area (Å²) >= 11 is 0. The summed E-state index contributed by atoms with van der Waals surface area (Å²) in [5.74, 6) is 1.30. The minimum atomic E-state index is -0.590. The third-order valence-corrected chi connectivity index (χ3v) is 5.30. The smallest absolute Gasteiger partial charge is 0.306 e. The Kier molecular flexibility index (Phi) is 5.26. The predicted molar refractivity (Wildman–Crippen MR) is 77.1 cm³/mol. The molecule has 0 aromatic carbocycles. The summed E-state index contributed by atoms with van der Waals surface area (Å²) in [4.78, 5) is 11.2. The average molecular weight is 267 g/mol. The second kappa shape index (κ2) is 6.74. The summed E-state index contributed by atoms with van der Waals surface area (Å²) in [6.07, 6.45) is 8.30. The molecule has 0 heterocycles. The first-order valence-electron chi connectivity index (χ1n) is 8.04. The summed E-state index contributed by atoms with van der Waals surface area (Å²) in [5, 5.41) is 12.9. The third-order valence-electron chi connectivity index (χ3n) is 5.30. The lowest BCUT2D eigenvalue weighted by Gasteiger charge is -2.33. The van der Waals surface area contributed by atoms with E-state index in [0.29, 0.717) is 12.0 Å². The second-order valence-electron chi connectivity index (χ2n) is 6.91. The lowest BCUT2D eigenvalue weighted by Crippen LogP contribution is -2.39. The number of rotatable bonds is 5. The topological polar surface area (TPSA) is 49.3 Å². The summed E-state index contributed by atoms with van der Waals surface area (Å²) in [6.45, 7) is 5.56. The molecule has 3 nitrogen and oxygen atoms in total. The SMILES string of the molecule is CC(C)C1CCCC(NCC2CCCC2C(=O)O)C1. The van der Waals surface area contributed by atoms with Crippen LogP contribution in [0.3, 0.4) is 0 Å². The van der Waals surface area contributed by atoms with Gasteiger partial charge in [0.25, 0.3) is 0 Å². The summed E-state index contributed by atoms with van der Waals surface area (Å²) in [7, 11) is 0. The molecule has 0 spiro atoms. The van der Waals surface area contributed by atoms with Crippen molar-refractivity contribution in [3.63, 3.8) is 0 Å².